The number of carbonyl (C=O) groups is 3. The normalized spacial score (nSPS) is 21.8. The Balaban J connectivity index is 2.06. The van der Waals surface area contributed by atoms with Crippen LogP contribution in [0.15, 0.2) is 23.8 Å². The van der Waals surface area contributed by atoms with Crippen LogP contribution in [-0.2, 0) is 9.59 Å². The molecule has 2 aliphatic rings. The second kappa shape index (κ2) is 13.6. The van der Waals surface area contributed by atoms with Crippen LogP contribution in [0.3, 0.4) is 0 Å². The monoisotopic (exact) mass is 516 g/mol. The Morgan fingerprint density at radius 2 is 1.92 bits per heavy atom. The number of methoxy groups -OCH3 is 1. The summed E-state index contributed by atoms with van der Waals surface area (Å²) in [5.41, 5.74) is 1.26. The van der Waals surface area contributed by atoms with Gasteiger partial charge in [-0.1, -0.05) is 39.5 Å². The third kappa shape index (κ3) is 6.33. The predicted molar refractivity (Wildman–Crippen MR) is 139 cm³/mol. The number of nitrogens with zero attached hydrogens (tertiary/aromatic N) is 1. The number of amides is 2. The van der Waals surface area contributed by atoms with Gasteiger partial charge in [0.1, 0.15) is 18.5 Å². The fourth-order valence-corrected chi connectivity index (χ4v) is 5.18. The van der Waals surface area contributed by atoms with E-state index in [1.165, 1.54) is 7.11 Å². The summed E-state index contributed by atoms with van der Waals surface area (Å²) in [6.07, 6.45) is 6.24. The fourth-order valence-electron chi connectivity index (χ4n) is 5.18. The highest BCUT2D eigenvalue weighted by Crippen LogP contribution is 2.51. The van der Waals surface area contributed by atoms with Crippen molar-refractivity contribution in [1.82, 2.24) is 10.2 Å². The number of hydrogen-bond donors (Lipinski definition) is 3. The summed E-state index contributed by atoms with van der Waals surface area (Å²) in [5, 5.41) is 23.5. The molecule has 0 fully saturated rings. The third-order valence-corrected chi connectivity index (χ3v) is 7.09. The molecular formula is C28H40N2O7. The number of aliphatic hydroxyl groups excluding tert-OH is 2. The molecule has 3 N–H and O–H groups in total. The first-order valence-corrected chi connectivity index (χ1v) is 13.3. The molecule has 1 aromatic carbocycles. The van der Waals surface area contributed by atoms with Gasteiger partial charge in [-0.05, 0) is 31.1 Å². The lowest BCUT2D eigenvalue weighted by Crippen LogP contribution is -2.56. The molecule has 37 heavy (non-hydrogen) atoms. The average Bonchev–Trinajstić information content (AvgIpc) is 3.30. The maximum Gasteiger partial charge on any atom is 0.247 e. The number of rotatable bonds is 14. The van der Waals surface area contributed by atoms with E-state index in [4.69, 9.17) is 9.47 Å². The Hall–Kier alpha value is -2.91. The van der Waals surface area contributed by atoms with Gasteiger partial charge in [-0.25, -0.2) is 0 Å². The topological polar surface area (TPSA) is 125 Å². The van der Waals surface area contributed by atoms with Crippen LogP contribution in [0.2, 0.25) is 0 Å². The maximum absolute atomic E-state index is 13.3. The second-order valence-electron chi connectivity index (χ2n) is 9.65. The van der Waals surface area contributed by atoms with E-state index in [1.54, 1.807) is 23.1 Å². The van der Waals surface area contributed by atoms with Gasteiger partial charge in [0, 0.05) is 36.2 Å². The molecule has 1 heterocycles. The molecule has 0 spiro atoms. The molecule has 204 valence electrons. The standard InChI is InChI=1S/C28H40N2O7/c1-4-6-8-9-12-30(23(33)10-7-5-2)21-16-20(28(35)29-11-13-31)24-19-14-18(17-32)15-22(36-3)26(19)37-27(24)25(21)34/h14-17,21,24-25,27,31,34H,4-13H2,1-3H3,(H,29,35)/t21-,24+,25+,27+/m1/s1. The minimum absolute atomic E-state index is 0.0579. The van der Waals surface area contributed by atoms with Gasteiger partial charge in [-0.15, -0.1) is 0 Å². The van der Waals surface area contributed by atoms with Crippen LogP contribution >= 0.6 is 0 Å². The van der Waals surface area contributed by atoms with Gasteiger partial charge in [-0.2, -0.15) is 0 Å². The van der Waals surface area contributed by atoms with Crippen LogP contribution in [0, 0.1) is 0 Å². The molecule has 2 amide bonds. The molecule has 0 saturated carbocycles. The summed E-state index contributed by atoms with van der Waals surface area (Å²) >= 11 is 0. The van der Waals surface area contributed by atoms with Crippen LogP contribution < -0.4 is 14.8 Å². The lowest BCUT2D eigenvalue weighted by atomic mass is 9.77. The van der Waals surface area contributed by atoms with E-state index >= 15 is 0 Å². The van der Waals surface area contributed by atoms with Crippen LogP contribution in [0.5, 0.6) is 11.5 Å². The van der Waals surface area contributed by atoms with E-state index < -0.39 is 30.1 Å². The first kappa shape index (κ1) is 28.7. The number of hydrogen-bond acceptors (Lipinski definition) is 7. The zero-order chi connectivity index (χ0) is 26.9. The molecule has 0 bridgehead atoms. The summed E-state index contributed by atoms with van der Waals surface area (Å²) in [6.45, 7) is 4.44. The van der Waals surface area contributed by atoms with Gasteiger partial charge in [0.15, 0.2) is 11.5 Å². The first-order chi connectivity index (χ1) is 17.9. The van der Waals surface area contributed by atoms with Crippen molar-refractivity contribution in [2.45, 2.75) is 83.0 Å². The van der Waals surface area contributed by atoms with Crippen molar-refractivity contribution >= 4 is 18.1 Å². The zero-order valence-electron chi connectivity index (χ0n) is 22.1. The number of unbranched alkanes of at least 4 members (excludes halogenated alkanes) is 4. The van der Waals surface area contributed by atoms with E-state index in [0.717, 1.165) is 38.5 Å². The summed E-state index contributed by atoms with van der Waals surface area (Å²) in [4.78, 5) is 39.9. The van der Waals surface area contributed by atoms with Gasteiger partial charge in [-0.3, -0.25) is 14.4 Å². The number of benzene rings is 1. The Labute approximate surface area is 218 Å². The van der Waals surface area contributed by atoms with Crippen molar-refractivity contribution in [1.29, 1.82) is 0 Å². The molecule has 1 aliphatic carbocycles. The average molecular weight is 517 g/mol. The molecule has 0 radical (unpaired) electrons. The van der Waals surface area contributed by atoms with Crippen molar-refractivity contribution < 1.29 is 34.1 Å². The molecule has 9 nitrogen and oxygen atoms in total. The maximum atomic E-state index is 13.3. The quantitative estimate of drug-likeness (QED) is 0.256. The van der Waals surface area contributed by atoms with Crippen LogP contribution in [0.1, 0.15) is 80.6 Å². The van der Waals surface area contributed by atoms with Crippen molar-refractivity contribution in [2.75, 3.05) is 26.8 Å². The Morgan fingerprint density at radius 3 is 2.57 bits per heavy atom. The van der Waals surface area contributed by atoms with Crippen molar-refractivity contribution in [3.63, 3.8) is 0 Å². The lowest BCUT2D eigenvalue weighted by Gasteiger charge is -2.41. The minimum atomic E-state index is -1.10. The second-order valence-corrected chi connectivity index (χ2v) is 9.65. The molecule has 1 aromatic rings. The molecule has 9 heteroatoms. The largest absolute Gasteiger partial charge is 0.493 e. The van der Waals surface area contributed by atoms with Gasteiger partial charge < -0.3 is 29.9 Å². The predicted octanol–water partition coefficient (Wildman–Crippen LogP) is 2.73. The van der Waals surface area contributed by atoms with Gasteiger partial charge >= 0.3 is 0 Å². The molecule has 0 aromatic heterocycles. The lowest BCUT2D eigenvalue weighted by molar-refractivity contribution is -0.137. The molecule has 0 unspecified atom stereocenters. The number of nitrogens with one attached hydrogen (secondary N) is 1. The first-order valence-electron chi connectivity index (χ1n) is 13.3. The van der Waals surface area contributed by atoms with Gasteiger partial charge in [0.05, 0.1) is 25.7 Å². The molecular weight excluding hydrogens is 476 g/mol. The van der Waals surface area contributed by atoms with Gasteiger partial charge in [0.25, 0.3) is 0 Å². The summed E-state index contributed by atoms with van der Waals surface area (Å²) in [6, 6.07) is 2.44. The minimum Gasteiger partial charge on any atom is -0.493 e. The Morgan fingerprint density at radius 1 is 1.16 bits per heavy atom. The Kier molecular flexibility index (Phi) is 10.5. The fraction of sp³-hybridized carbons (Fsp3) is 0.607. The van der Waals surface area contributed by atoms with E-state index in [1.807, 2.05) is 6.92 Å². The van der Waals surface area contributed by atoms with Crippen molar-refractivity contribution in [3.8, 4) is 11.5 Å². The summed E-state index contributed by atoms with van der Waals surface area (Å²) in [7, 11) is 1.46. The zero-order valence-corrected chi connectivity index (χ0v) is 22.1. The van der Waals surface area contributed by atoms with E-state index in [9.17, 15) is 24.6 Å². The number of carbonyl (C=O) groups excluding carboxylic acids is 3. The summed E-state index contributed by atoms with van der Waals surface area (Å²) < 4.78 is 11.7. The molecule has 1 aliphatic heterocycles. The third-order valence-electron chi connectivity index (χ3n) is 7.09. The number of fused-ring (bicyclic) bond motifs is 3. The smallest absolute Gasteiger partial charge is 0.247 e. The highest BCUT2D eigenvalue weighted by molar-refractivity contribution is 5.96. The number of aliphatic hydroxyl groups is 2. The number of aldehydes is 1. The van der Waals surface area contributed by atoms with E-state index in [-0.39, 0.29) is 19.1 Å². The van der Waals surface area contributed by atoms with Crippen LogP contribution in [0.25, 0.3) is 0 Å². The highest BCUT2D eigenvalue weighted by Gasteiger charge is 2.51. The van der Waals surface area contributed by atoms with Crippen molar-refractivity contribution in [2.24, 2.45) is 0 Å². The molecule has 0 saturated heterocycles. The molecule has 3 rings (SSSR count). The molecule has 4 atom stereocenters. The number of ether oxygens (including phenoxy) is 2. The SMILES string of the molecule is CCCCCCN(C(=O)CCCC)[C@@H]1C=C(C(=O)NCCO)[C@@H]2c3cc(C=O)cc(OC)c3O[C@@H]2[C@H]1O. The van der Waals surface area contributed by atoms with Gasteiger partial charge in [0.2, 0.25) is 11.8 Å². The van der Waals surface area contributed by atoms with Crippen molar-refractivity contribution in [3.05, 3.63) is 34.9 Å². The highest BCUT2D eigenvalue weighted by atomic mass is 16.5. The van der Waals surface area contributed by atoms with Crippen LogP contribution in [0.4, 0.5) is 0 Å². The van der Waals surface area contributed by atoms with Crippen LogP contribution in [-0.4, -0.2) is 78.3 Å². The van der Waals surface area contributed by atoms with E-state index in [2.05, 4.69) is 12.2 Å². The van der Waals surface area contributed by atoms with E-state index in [0.29, 0.717) is 47.5 Å². The Bertz CT molecular complexity index is 993. The summed E-state index contributed by atoms with van der Waals surface area (Å²) in [5.74, 6) is -0.441.